The van der Waals surface area contributed by atoms with E-state index in [2.05, 4.69) is 26.6 Å². The number of imide groups is 1. The zero-order valence-electron chi connectivity index (χ0n) is 15.2. The Kier molecular flexibility index (Phi) is 4.94. The number of nitrogens with one attached hydrogen (secondary N) is 2. The highest BCUT2D eigenvalue weighted by Gasteiger charge is 2.44. The predicted molar refractivity (Wildman–Crippen MR) is 96.3 cm³/mol. The summed E-state index contributed by atoms with van der Waals surface area (Å²) in [6.45, 7) is 9.56. The number of hydrogen-bond donors (Lipinski definition) is 2. The van der Waals surface area contributed by atoms with Gasteiger partial charge in [0.2, 0.25) is 0 Å². The Bertz CT molecular complexity index is 643. The molecule has 136 valence electrons. The molecule has 0 aromatic carbocycles. The minimum absolute atomic E-state index is 0.139. The number of rotatable bonds is 6. The van der Waals surface area contributed by atoms with E-state index in [1.807, 2.05) is 19.2 Å². The van der Waals surface area contributed by atoms with Crippen molar-refractivity contribution in [3.63, 3.8) is 0 Å². The molecule has 7 heteroatoms. The second-order valence-electron chi connectivity index (χ2n) is 7.57. The largest absolute Gasteiger partial charge is 0.370 e. The Morgan fingerprint density at radius 1 is 1.32 bits per heavy atom. The zero-order chi connectivity index (χ0) is 18.0. The quantitative estimate of drug-likeness (QED) is 0.763. The lowest BCUT2D eigenvalue weighted by Gasteiger charge is -2.20. The lowest BCUT2D eigenvalue weighted by atomic mass is 10.1. The van der Waals surface area contributed by atoms with Crippen LogP contribution in [0.3, 0.4) is 0 Å². The molecule has 0 aliphatic carbocycles. The molecule has 2 aliphatic rings. The molecule has 1 atom stereocenters. The number of hydrogen-bond acceptors (Lipinski definition) is 5. The average Bonchev–Trinajstić information content (AvgIpc) is 3.08. The van der Waals surface area contributed by atoms with Gasteiger partial charge in [-0.1, -0.05) is 6.07 Å². The van der Waals surface area contributed by atoms with Gasteiger partial charge in [0, 0.05) is 32.4 Å². The van der Waals surface area contributed by atoms with Gasteiger partial charge in [0.1, 0.15) is 11.4 Å². The molecular formula is C18H27N5O2. The van der Waals surface area contributed by atoms with Gasteiger partial charge >= 0.3 is 6.03 Å². The van der Waals surface area contributed by atoms with E-state index in [-0.39, 0.29) is 11.9 Å². The summed E-state index contributed by atoms with van der Waals surface area (Å²) in [5.74, 6) is 1.33. The van der Waals surface area contributed by atoms with Crippen LogP contribution in [0.2, 0.25) is 0 Å². The number of pyridine rings is 1. The van der Waals surface area contributed by atoms with Crippen LogP contribution in [0.1, 0.15) is 25.8 Å². The lowest BCUT2D eigenvalue weighted by Crippen LogP contribution is -2.41. The van der Waals surface area contributed by atoms with Crippen molar-refractivity contribution in [1.29, 1.82) is 0 Å². The topological polar surface area (TPSA) is 77.6 Å². The molecule has 2 aliphatic heterocycles. The Balaban J connectivity index is 1.42. The van der Waals surface area contributed by atoms with Crippen molar-refractivity contribution in [2.24, 2.45) is 5.92 Å². The monoisotopic (exact) mass is 345 g/mol. The fourth-order valence-corrected chi connectivity index (χ4v) is 3.37. The maximum Gasteiger partial charge on any atom is 0.325 e. The van der Waals surface area contributed by atoms with E-state index in [0.717, 1.165) is 44.0 Å². The van der Waals surface area contributed by atoms with Gasteiger partial charge in [-0.3, -0.25) is 9.69 Å². The normalized spacial score (nSPS) is 23.2. The highest BCUT2D eigenvalue weighted by atomic mass is 16.2. The van der Waals surface area contributed by atoms with E-state index in [1.54, 1.807) is 13.8 Å². The van der Waals surface area contributed by atoms with Gasteiger partial charge in [0.05, 0.1) is 0 Å². The molecule has 7 nitrogen and oxygen atoms in total. The molecular weight excluding hydrogens is 318 g/mol. The first-order valence-corrected chi connectivity index (χ1v) is 8.88. The number of urea groups is 1. The first-order valence-electron chi connectivity index (χ1n) is 8.88. The van der Waals surface area contributed by atoms with E-state index in [1.165, 1.54) is 4.90 Å². The molecule has 1 aromatic rings. The average molecular weight is 345 g/mol. The number of amides is 3. The summed E-state index contributed by atoms with van der Waals surface area (Å²) in [5.41, 5.74) is 0.372. The summed E-state index contributed by atoms with van der Waals surface area (Å²) < 4.78 is 0. The fraction of sp³-hybridized carbons (Fsp3) is 0.611. The number of aryl methyl sites for hydroxylation is 1. The molecule has 3 heterocycles. The molecule has 0 bridgehead atoms. The van der Waals surface area contributed by atoms with Crippen LogP contribution in [0.25, 0.3) is 0 Å². The van der Waals surface area contributed by atoms with E-state index in [9.17, 15) is 9.59 Å². The Morgan fingerprint density at radius 3 is 2.76 bits per heavy atom. The summed E-state index contributed by atoms with van der Waals surface area (Å²) >= 11 is 0. The molecule has 0 spiro atoms. The van der Waals surface area contributed by atoms with Crippen LogP contribution in [0.5, 0.6) is 0 Å². The molecule has 1 aromatic heterocycles. The molecule has 3 amide bonds. The highest BCUT2D eigenvalue weighted by molar-refractivity contribution is 6.06. The van der Waals surface area contributed by atoms with Crippen LogP contribution < -0.4 is 10.6 Å². The van der Waals surface area contributed by atoms with Crippen molar-refractivity contribution in [3.05, 3.63) is 23.9 Å². The van der Waals surface area contributed by atoms with Gasteiger partial charge in [0.15, 0.2) is 0 Å². The molecule has 3 rings (SSSR count). The second kappa shape index (κ2) is 7.00. The molecule has 2 fully saturated rings. The standard InChI is InChI=1S/C18H27N5O2/c1-13-4-5-15(19-10-13)20-11-14-6-7-22(12-14)8-9-23-16(24)18(2,3)21-17(23)25/h4-5,10,14H,6-9,11-12H2,1-3H3,(H,19,20)(H,21,25)/t14-/m0/s1. The van der Waals surface area contributed by atoms with E-state index >= 15 is 0 Å². The molecule has 25 heavy (non-hydrogen) atoms. The minimum Gasteiger partial charge on any atom is -0.370 e. The predicted octanol–water partition coefficient (Wildman–Crippen LogP) is 1.45. The molecule has 0 saturated carbocycles. The maximum atomic E-state index is 12.2. The van der Waals surface area contributed by atoms with Gasteiger partial charge in [-0.2, -0.15) is 0 Å². The fourth-order valence-electron chi connectivity index (χ4n) is 3.37. The zero-order valence-corrected chi connectivity index (χ0v) is 15.2. The van der Waals surface area contributed by atoms with Crippen LogP contribution in [0.4, 0.5) is 10.6 Å². The van der Waals surface area contributed by atoms with Gasteiger partial charge in [-0.15, -0.1) is 0 Å². The molecule has 0 unspecified atom stereocenters. The second-order valence-corrected chi connectivity index (χ2v) is 7.57. The van der Waals surface area contributed by atoms with Crippen molar-refractivity contribution in [1.82, 2.24) is 20.1 Å². The number of likely N-dealkylation sites (tertiary alicyclic amines) is 1. The van der Waals surface area contributed by atoms with Gasteiger partial charge in [0.25, 0.3) is 5.91 Å². The summed E-state index contributed by atoms with van der Waals surface area (Å²) in [7, 11) is 0. The van der Waals surface area contributed by atoms with Crippen molar-refractivity contribution >= 4 is 17.8 Å². The van der Waals surface area contributed by atoms with Crippen molar-refractivity contribution in [2.45, 2.75) is 32.7 Å². The van der Waals surface area contributed by atoms with Crippen LogP contribution in [0.15, 0.2) is 18.3 Å². The summed E-state index contributed by atoms with van der Waals surface area (Å²) in [6.07, 6.45) is 2.98. The summed E-state index contributed by atoms with van der Waals surface area (Å²) in [6, 6.07) is 3.77. The number of carbonyl (C=O) groups excluding carboxylic acids is 2. The molecule has 0 radical (unpaired) electrons. The highest BCUT2D eigenvalue weighted by Crippen LogP contribution is 2.19. The third-order valence-corrected chi connectivity index (χ3v) is 4.94. The van der Waals surface area contributed by atoms with E-state index in [0.29, 0.717) is 12.5 Å². The van der Waals surface area contributed by atoms with Crippen LogP contribution in [-0.2, 0) is 4.79 Å². The smallest absolute Gasteiger partial charge is 0.325 e. The summed E-state index contributed by atoms with van der Waals surface area (Å²) in [5, 5.41) is 6.11. The van der Waals surface area contributed by atoms with Crippen LogP contribution in [0, 0.1) is 12.8 Å². The van der Waals surface area contributed by atoms with Crippen molar-refractivity contribution in [2.75, 3.05) is 38.0 Å². The maximum absolute atomic E-state index is 12.2. The third kappa shape index (κ3) is 4.10. The van der Waals surface area contributed by atoms with Crippen LogP contribution >= 0.6 is 0 Å². The number of anilines is 1. The molecule has 2 saturated heterocycles. The molecule has 2 N–H and O–H groups in total. The van der Waals surface area contributed by atoms with Gasteiger partial charge in [-0.25, -0.2) is 9.78 Å². The SMILES string of the molecule is Cc1ccc(NC[C@@H]2CCN(CCN3C(=O)NC(C)(C)C3=O)C2)nc1. The van der Waals surface area contributed by atoms with Crippen LogP contribution in [-0.4, -0.2) is 65.0 Å². The van der Waals surface area contributed by atoms with E-state index in [4.69, 9.17) is 0 Å². The Labute approximate surface area is 148 Å². The van der Waals surface area contributed by atoms with Gasteiger partial charge < -0.3 is 15.5 Å². The lowest BCUT2D eigenvalue weighted by molar-refractivity contribution is -0.130. The first kappa shape index (κ1) is 17.7. The van der Waals surface area contributed by atoms with Crippen molar-refractivity contribution < 1.29 is 9.59 Å². The Hall–Kier alpha value is -2.15. The van der Waals surface area contributed by atoms with Gasteiger partial charge in [-0.05, 0) is 51.3 Å². The minimum atomic E-state index is -0.782. The number of nitrogens with zero attached hydrogens (tertiary/aromatic N) is 3. The number of carbonyl (C=O) groups is 2. The third-order valence-electron chi connectivity index (χ3n) is 4.94. The van der Waals surface area contributed by atoms with Crippen molar-refractivity contribution in [3.8, 4) is 0 Å². The summed E-state index contributed by atoms with van der Waals surface area (Å²) in [4.78, 5) is 32.1. The Morgan fingerprint density at radius 2 is 2.12 bits per heavy atom. The number of aromatic nitrogens is 1. The first-order chi connectivity index (χ1) is 11.8. The van der Waals surface area contributed by atoms with E-state index < -0.39 is 5.54 Å².